The Morgan fingerprint density at radius 1 is 1.35 bits per heavy atom. The Balaban J connectivity index is 1.54. The number of benzene rings is 1. The smallest absolute Gasteiger partial charge is 0.307 e. The van der Waals surface area contributed by atoms with Crippen LogP contribution in [0.3, 0.4) is 0 Å². The molecule has 1 saturated heterocycles. The van der Waals surface area contributed by atoms with Crippen molar-refractivity contribution in [2.75, 3.05) is 13.1 Å². The highest BCUT2D eigenvalue weighted by atomic mass is 19.1. The minimum atomic E-state index is -0.742. The maximum absolute atomic E-state index is 13.7. The number of piperidine rings is 1. The highest BCUT2D eigenvalue weighted by Gasteiger charge is 2.59. The van der Waals surface area contributed by atoms with E-state index in [2.05, 4.69) is 9.97 Å². The first kappa shape index (κ1) is 14.2. The average Bonchev–Trinajstić information content (AvgIpc) is 3.02. The number of nitrogens with zero attached hydrogens (tertiary/aromatic N) is 2. The minimum Gasteiger partial charge on any atom is -0.481 e. The molecular formula is C16H16FN3O3. The molecule has 1 atom stereocenters. The van der Waals surface area contributed by atoms with Crippen LogP contribution in [-0.2, 0) is 4.79 Å². The fourth-order valence-electron chi connectivity index (χ4n) is 3.75. The van der Waals surface area contributed by atoms with Crippen molar-refractivity contribution in [1.29, 1.82) is 0 Å². The molecule has 4 rings (SSSR count). The summed E-state index contributed by atoms with van der Waals surface area (Å²) >= 11 is 0. The second kappa shape index (κ2) is 4.78. The molecule has 2 aliphatic rings. The van der Waals surface area contributed by atoms with E-state index in [1.165, 1.54) is 18.5 Å². The molecule has 6 nitrogen and oxygen atoms in total. The standard InChI is InChI=1S/C16H16FN3O3/c17-9-5-10(13-12(6-9)18-8-19-13)14(21)20-3-1-16(2-4-20)7-11(16)15(22)23/h5-6,8,11H,1-4,7H2,(H,18,19)(H,22,23). The Labute approximate surface area is 131 Å². The van der Waals surface area contributed by atoms with Crippen molar-refractivity contribution in [3.05, 3.63) is 29.8 Å². The van der Waals surface area contributed by atoms with Crippen molar-refractivity contribution < 1.29 is 19.1 Å². The van der Waals surface area contributed by atoms with E-state index < -0.39 is 11.8 Å². The molecule has 120 valence electrons. The quantitative estimate of drug-likeness (QED) is 0.887. The summed E-state index contributed by atoms with van der Waals surface area (Å²) in [5, 5.41) is 9.12. The Kier molecular flexibility index (Phi) is 2.94. The largest absolute Gasteiger partial charge is 0.481 e. The number of imidazole rings is 1. The van der Waals surface area contributed by atoms with Crippen LogP contribution >= 0.6 is 0 Å². The third kappa shape index (κ3) is 2.18. The highest BCUT2D eigenvalue weighted by Crippen LogP contribution is 2.59. The highest BCUT2D eigenvalue weighted by molar-refractivity contribution is 6.04. The first-order valence-corrected chi connectivity index (χ1v) is 7.65. The zero-order valence-corrected chi connectivity index (χ0v) is 12.4. The van der Waals surface area contributed by atoms with Crippen LogP contribution in [0.25, 0.3) is 11.0 Å². The third-order valence-electron chi connectivity index (χ3n) is 5.25. The van der Waals surface area contributed by atoms with E-state index in [0.29, 0.717) is 43.4 Å². The van der Waals surface area contributed by atoms with Gasteiger partial charge in [0, 0.05) is 13.1 Å². The number of carboxylic acids is 1. The molecule has 2 fully saturated rings. The number of carbonyl (C=O) groups is 2. The second-order valence-electron chi connectivity index (χ2n) is 6.50. The zero-order valence-electron chi connectivity index (χ0n) is 12.4. The number of aromatic nitrogens is 2. The maximum atomic E-state index is 13.7. The average molecular weight is 317 g/mol. The van der Waals surface area contributed by atoms with Crippen LogP contribution < -0.4 is 0 Å². The molecule has 2 aromatic rings. The molecule has 0 radical (unpaired) electrons. The van der Waals surface area contributed by atoms with E-state index in [4.69, 9.17) is 5.11 Å². The maximum Gasteiger partial charge on any atom is 0.307 e. The minimum absolute atomic E-state index is 0.133. The Morgan fingerprint density at radius 3 is 2.74 bits per heavy atom. The molecule has 23 heavy (non-hydrogen) atoms. The number of nitrogens with one attached hydrogen (secondary N) is 1. The molecule has 1 amide bonds. The number of hydrogen-bond donors (Lipinski definition) is 2. The first-order valence-electron chi connectivity index (χ1n) is 7.65. The predicted molar refractivity (Wildman–Crippen MR) is 79.4 cm³/mol. The van der Waals surface area contributed by atoms with E-state index in [-0.39, 0.29) is 22.8 Å². The Bertz CT molecular complexity index is 808. The molecule has 2 N–H and O–H groups in total. The third-order valence-corrected chi connectivity index (χ3v) is 5.25. The van der Waals surface area contributed by atoms with Crippen molar-refractivity contribution >= 4 is 22.9 Å². The normalized spacial score (nSPS) is 22.5. The molecule has 1 unspecified atom stereocenters. The molecule has 1 aliphatic heterocycles. The second-order valence-corrected chi connectivity index (χ2v) is 6.50. The van der Waals surface area contributed by atoms with Gasteiger partial charge >= 0.3 is 5.97 Å². The summed E-state index contributed by atoms with van der Waals surface area (Å²) in [6.07, 6.45) is 3.52. The van der Waals surface area contributed by atoms with Gasteiger partial charge in [-0.1, -0.05) is 0 Å². The number of rotatable bonds is 2. The van der Waals surface area contributed by atoms with Gasteiger partial charge in [-0.3, -0.25) is 9.59 Å². The number of H-pyrrole nitrogens is 1. The van der Waals surface area contributed by atoms with Crippen LogP contribution in [0, 0.1) is 17.2 Å². The van der Waals surface area contributed by atoms with Gasteiger partial charge < -0.3 is 15.0 Å². The molecule has 1 spiro atoms. The van der Waals surface area contributed by atoms with Gasteiger partial charge in [0.05, 0.1) is 23.3 Å². The van der Waals surface area contributed by atoms with E-state index in [1.54, 1.807) is 4.90 Å². The number of amides is 1. The van der Waals surface area contributed by atoms with Crippen molar-refractivity contribution in [2.24, 2.45) is 11.3 Å². The van der Waals surface area contributed by atoms with Gasteiger partial charge in [-0.2, -0.15) is 0 Å². The predicted octanol–water partition coefficient (Wildman–Crippen LogP) is 2.03. The summed E-state index contributed by atoms with van der Waals surface area (Å²) in [5.41, 5.74) is 1.08. The van der Waals surface area contributed by atoms with E-state index >= 15 is 0 Å². The molecule has 7 heteroatoms. The van der Waals surface area contributed by atoms with Gasteiger partial charge in [-0.15, -0.1) is 0 Å². The molecule has 1 aliphatic carbocycles. The van der Waals surface area contributed by atoms with Gasteiger partial charge in [0.2, 0.25) is 0 Å². The SMILES string of the molecule is O=C(O)C1CC12CCN(C(=O)c1cc(F)cc3[nH]cnc13)CC2. The summed E-state index contributed by atoms with van der Waals surface area (Å²) in [6.45, 7) is 1.01. The lowest BCUT2D eigenvalue weighted by Crippen LogP contribution is -2.40. The van der Waals surface area contributed by atoms with Gasteiger partial charge in [0.1, 0.15) is 11.3 Å². The number of carbonyl (C=O) groups excluding carboxylic acids is 1. The van der Waals surface area contributed by atoms with Crippen LogP contribution in [0.1, 0.15) is 29.6 Å². The van der Waals surface area contributed by atoms with Gasteiger partial charge in [-0.25, -0.2) is 9.37 Å². The van der Waals surface area contributed by atoms with Crippen molar-refractivity contribution in [3.63, 3.8) is 0 Å². The monoisotopic (exact) mass is 317 g/mol. The van der Waals surface area contributed by atoms with Crippen molar-refractivity contribution in [2.45, 2.75) is 19.3 Å². The summed E-state index contributed by atoms with van der Waals surface area (Å²) in [5.74, 6) is -1.74. The molecule has 0 bridgehead atoms. The Hall–Kier alpha value is -2.44. The van der Waals surface area contributed by atoms with E-state index in [1.807, 2.05) is 0 Å². The van der Waals surface area contributed by atoms with Crippen LogP contribution in [0.4, 0.5) is 4.39 Å². The lowest BCUT2D eigenvalue weighted by Gasteiger charge is -2.32. The summed E-state index contributed by atoms with van der Waals surface area (Å²) in [4.78, 5) is 32.4. The molecule has 1 saturated carbocycles. The summed E-state index contributed by atoms with van der Waals surface area (Å²) in [6, 6.07) is 2.53. The fourth-order valence-corrected chi connectivity index (χ4v) is 3.75. The zero-order chi connectivity index (χ0) is 16.2. The molecule has 2 heterocycles. The number of aromatic amines is 1. The van der Waals surface area contributed by atoms with E-state index in [0.717, 1.165) is 0 Å². The number of hydrogen-bond acceptors (Lipinski definition) is 3. The van der Waals surface area contributed by atoms with Crippen LogP contribution in [0.5, 0.6) is 0 Å². The van der Waals surface area contributed by atoms with Gasteiger partial charge in [-0.05, 0) is 36.8 Å². The molecular weight excluding hydrogens is 301 g/mol. The topological polar surface area (TPSA) is 86.3 Å². The van der Waals surface area contributed by atoms with Gasteiger partial charge in [0.15, 0.2) is 0 Å². The lowest BCUT2D eigenvalue weighted by atomic mass is 9.90. The summed E-state index contributed by atoms with van der Waals surface area (Å²) in [7, 11) is 0. The fraction of sp³-hybridized carbons (Fsp3) is 0.438. The van der Waals surface area contributed by atoms with Crippen LogP contribution in [-0.4, -0.2) is 44.9 Å². The number of fused-ring (bicyclic) bond motifs is 1. The number of aliphatic carboxylic acids is 1. The van der Waals surface area contributed by atoms with Crippen LogP contribution in [0.2, 0.25) is 0 Å². The van der Waals surface area contributed by atoms with E-state index in [9.17, 15) is 14.0 Å². The molecule has 1 aromatic carbocycles. The van der Waals surface area contributed by atoms with Gasteiger partial charge in [0.25, 0.3) is 5.91 Å². The molecule has 1 aromatic heterocycles. The lowest BCUT2D eigenvalue weighted by molar-refractivity contribution is -0.139. The summed E-state index contributed by atoms with van der Waals surface area (Å²) < 4.78 is 13.7. The number of carboxylic acid groups (broad SMARTS) is 1. The van der Waals surface area contributed by atoms with Crippen molar-refractivity contribution in [1.82, 2.24) is 14.9 Å². The van der Waals surface area contributed by atoms with Crippen LogP contribution in [0.15, 0.2) is 18.5 Å². The number of halogens is 1. The number of likely N-dealkylation sites (tertiary alicyclic amines) is 1. The first-order chi connectivity index (χ1) is 11.0. The van der Waals surface area contributed by atoms with Crippen molar-refractivity contribution in [3.8, 4) is 0 Å². The Morgan fingerprint density at radius 2 is 2.09 bits per heavy atom.